The van der Waals surface area contributed by atoms with Crippen LogP contribution < -0.4 is 11.1 Å². The molecule has 29 heavy (non-hydrogen) atoms. The zero-order valence-electron chi connectivity index (χ0n) is 16.1. The first-order valence-corrected chi connectivity index (χ1v) is 9.28. The lowest BCUT2D eigenvalue weighted by Gasteiger charge is -2.24. The van der Waals surface area contributed by atoms with Crippen molar-refractivity contribution in [2.45, 2.75) is 32.9 Å². The van der Waals surface area contributed by atoms with Crippen LogP contribution in [-0.2, 0) is 4.79 Å². The Hall–Kier alpha value is -3.35. The highest BCUT2D eigenvalue weighted by atomic mass is 19.1. The second-order valence-corrected chi connectivity index (χ2v) is 7.32. The van der Waals surface area contributed by atoms with Gasteiger partial charge in [0.15, 0.2) is 5.82 Å². The summed E-state index contributed by atoms with van der Waals surface area (Å²) in [5.41, 5.74) is 9.19. The highest BCUT2D eigenvalue weighted by Crippen LogP contribution is 2.35. The van der Waals surface area contributed by atoms with Crippen molar-refractivity contribution in [3.8, 4) is 11.1 Å². The fourth-order valence-corrected chi connectivity index (χ4v) is 3.46. The van der Waals surface area contributed by atoms with Crippen molar-refractivity contribution < 1.29 is 13.6 Å². The summed E-state index contributed by atoms with van der Waals surface area (Å²) < 4.78 is 27.9. The zero-order chi connectivity index (χ0) is 20.7. The van der Waals surface area contributed by atoms with Crippen LogP contribution >= 0.6 is 0 Å². The average Bonchev–Trinajstić information content (AvgIpc) is 2.68. The van der Waals surface area contributed by atoms with E-state index >= 15 is 0 Å². The van der Waals surface area contributed by atoms with Gasteiger partial charge in [0.2, 0.25) is 0 Å². The van der Waals surface area contributed by atoms with E-state index in [1.165, 1.54) is 6.20 Å². The predicted octanol–water partition coefficient (Wildman–Crippen LogP) is 4.71. The van der Waals surface area contributed by atoms with Gasteiger partial charge in [-0.05, 0) is 43.0 Å². The number of carbonyl (C=O) groups is 1. The molecule has 1 aromatic carbocycles. The molecule has 0 atom stereocenters. The Labute approximate surface area is 166 Å². The summed E-state index contributed by atoms with van der Waals surface area (Å²) in [6.07, 6.45) is 4.41. The molecule has 5 nitrogen and oxygen atoms in total. The quantitative estimate of drug-likeness (QED) is 0.498. The van der Waals surface area contributed by atoms with Crippen molar-refractivity contribution in [3.63, 3.8) is 0 Å². The third-order valence-corrected chi connectivity index (χ3v) is 5.38. The van der Waals surface area contributed by atoms with Gasteiger partial charge in [-0.1, -0.05) is 5.57 Å². The lowest BCUT2D eigenvalue weighted by molar-refractivity contribution is -0.112. The molecule has 0 unspecified atom stereocenters. The molecule has 3 N–H and O–H groups in total. The number of aryl methyl sites for hydroxylation is 1. The number of aromatic nitrogens is 2. The van der Waals surface area contributed by atoms with E-state index < -0.39 is 12.0 Å². The van der Waals surface area contributed by atoms with Crippen LogP contribution in [-0.4, -0.2) is 22.0 Å². The van der Waals surface area contributed by atoms with Crippen LogP contribution in [0.4, 0.5) is 20.3 Å². The van der Waals surface area contributed by atoms with Gasteiger partial charge in [0.1, 0.15) is 12.0 Å². The van der Waals surface area contributed by atoms with Crippen molar-refractivity contribution in [1.82, 2.24) is 9.97 Å². The van der Waals surface area contributed by atoms with E-state index in [1.54, 1.807) is 37.5 Å². The maximum atomic E-state index is 14.9. The minimum atomic E-state index is -0.862. The third-order valence-electron chi connectivity index (χ3n) is 5.38. The molecule has 1 fully saturated rings. The second kappa shape index (κ2) is 7.24. The van der Waals surface area contributed by atoms with Crippen LogP contribution in [0.25, 0.3) is 21.9 Å². The monoisotopic (exact) mass is 394 g/mol. The maximum absolute atomic E-state index is 14.9. The number of fused-ring (bicyclic) bond motifs is 1. The van der Waals surface area contributed by atoms with E-state index in [0.29, 0.717) is 46.1 Å². The molecule has 2 aromatic heterocycles. The summed E-state index contributed by atoms with van der Waals surface area (Å²) in [5.74, 6) is -0.533. The van der Waals surface area contributed by atoms with E-state index in [-0.39, 0.29) is 11.6 Å². The summed E-state index contributed by atoms with van der Waals surface area (Å²) in [6, 6.07) is 5.12. The van der Waals surface area contributed by atoms with E-state index in [9.17, 15) is 13.6 Å². The fourth-order valence-electron chi connectivity index (χ4n) is 3.46. The van der Waals surface area contributed by atoms with Gasteiger partial charge in [0.05, 0.1) is 5.69 Å². The number of anilines is 2. The number of hydrogen-bond donors (Lipinski definition) is 2. The molecule has 3 aromatic rings. The highest BCUT2D eigenvalue weighted by Gasteiger charge is 2.26. The Bertz CT molecular complexity index is 1160. The summed E-state index contributed by atoms with van der Waals surface area (Å²) >= 11 is 0. The number of carbonyl (C=O) groups excluding carboxylic acids is 1. The number of alkyl halides is 1. The van der Waals surface area contributed by atoms with Gasteiger partial charge in [-0.15, -0.1) is 0 Å². The third kappa shape index (κ3) is 3.44. The van der Waals surface area contributed by atoms with Crippen molar-refractivity contribution in [2.24, 2.45) is 0 Å². The Morgan fingerprint density at radius 3 is 2.69 bits per heavy atom. The first-order chi connectivity index (χ1) is 13.8. The van der Waals surface area contributed by atoms with E-state index in [4.69, 9.17) is 5.73 Å². The van der Waals surface area contributed by atoms with Gasteiger partial charge in [-0.25, -0.2) is 13.8 Å². The first kappa shape index (κ1) is 19.0. The lowest BCUT2D eigenvalue weighted by atomic mass is 9.86. The molecule has 2 heterocycles. The minimum Gasteiger partial charge on any atom is -0.396 e. The van der Waals surface area contributed by atoms with E-state index in [1.807, 2.05) is 6.92 Å². The summed E-state index contributed by atoms with van der Waals surface area (Å²) in [4.78, 5) is 20.7. The van der Waals surface area contributed by atoms with Crippen LogP contribution in [0.2, 0.25) is 0 Å². The molecular weight excluding hydrogens is 374 g/mol. The summed E-state index contributed by atoms with van der Waals surface area (Å²) in [6.45, 7) is 3.54. The molecule has 0 spiro atoms. The van der Waals surface area contributed by atoms with E-state index in [2.05, 4.69) is 15.3 Å². The number of halogens is 2. The second-order valence-electron chi connectivity index (χ2n) is 7.32. The van der Waals surface area contributed by atoms with E-state index in [0.717, 1.165) is 11.1 Å². The Morgan fingerprint density at radius 2 is 2.00 bits per heavy atom. The number of benzene rings is 1. The Balaban J connectivity index is 1.72. The molecule has 0 saturated heterocycles. The molecule has 1 aliphatic carbocycles. The molecule has 148 valence electrons. The van der Waals surface area contributed by atoms with Gasteiger partial charge >= 0.3 is 0 Å². The standard InChI is InChI=1S/C22H20F2N4O/c1-11-3-4-26-9-17(11)16-7-14-8-19(27-10-18(14)21(25)20(16)24)28-22(29)12(2)13-5-15(23)6-13/h3-4,7-10,15H,5-6,25H2,1-2H3,(H,27,28,29). The van der Waals surface area contributed by atoms with Crippen LogP contribution in [0.15, 0.2) is 47.9 Å². The number of nitrogens with one attached hydrogen (secondary N) is 1. The number of amides is 1. The molecule has 1 aliphatic rings. The SMILES string of the molecule is CC(C(=O)Nc1cc2cc(-c3cnccc3C)c(F)c(N)c2cn1)=C1CC(F)C1. The summed E-state index contributed by atoms with van der Waals surface area (Å²) in [7, 11) is 0. The zero-order valence-corrected chi connectivity index (χ0v) is 16.1. The predicted molar refractivity (Wildman–Crippen MR) is 110 cm³/mol. The number of nitrogens with zero attached hydrogens (tertiary/aromatic N) is 2. The van der Waals surface area contributed by atoms with Gasteiger partial charge in [0.25, 0.3) is 5.91 Å². The largest absolute Gasteiger partial charge is 0.396 e. The molecule has 0 bridgehead atoms. The molecular formula is C22H20F2N4O. The van der Waals surface area contributed by atoms with Crippen LogP contribution in [0.1, 0.15) is 25.3 Å². The molecule has 1 amide bonds. The smallest absolute Gasteiger partial charge is 0.252 e. The molecule has 7 heteroatoms. The number of allylic oxidation sites excluding steroid dienone is 1. The number of rotatable bonds is 3. The van der Waals surface area contributed by atoms with Gasteiger partial charge < -0.3 is 11.1 Å². The van der Waals surface area contributed by atoms with Crippen LogP contribution in [0.3, 0.4) is 0 Å². The van der Waals surface area contributed by atoms with Crippen molar-refractivity contribution in [1.29, 1.82) is 0 Å². The molecule has 0 radical (unpaired) electrons. The highest BCUT2D eigenvalue weighted by molar-refractivity contribution is 6.05. The fraction of sp³-hybridized carbons (Fsp3) is 0.227. The molecule has 0 aliphatic heterocycles. The van der Waals surface area contributed by atoms with Crippen LogP contribution in [0.5, 0.6) is 0 Å². The van der Waals surface area contributed by atoms with Gasteiger partial charge in [0, 0.05) is 53.5 Å². The number of nitrogens with two attached hydrogens (primary N) is 1. The molecule has 4 rings (SSSR count). The number of nitrogen functional groups attached to an aromatic ring is 1. The minimum absolute atomic E-state index is 0.00659. The Morgan fingerprint density at radius 1 is 1.24 bits per heavy atom. The topological polar surface area (TPSA) is 80.9 Å². The van der Waals surface area contributed by atoms with Crippen molar-refractivity contribution in [2.75, 3.05) is 11.1 Å². The van der Waals surface area contributed by atoms with Gasteiger partial charge in [-0.2, -0.15) is 0 Å². The van der Waals surface area contributed by atoms with Crippen LogP contribution in [0, 0.1) is 12.7 Å². The van der Waals surface area contributed by atoms with Crippen molar-refractivity contribution in [3.05, 3.63) is 59.3 Å². The average molecular weight is 394 g/mol. The van der Waals surface area contributed by atoms with Crippen molar-refractivity contribution >= 4 is 28.2 Å². The summed E-state index contributed by atoms with van der Waals surface area (Å²) in [5, 5.41) is 3.83. The normalized spacial score (nSPS) is 15.9. The first-order valence-electron chi connectivity index (χ1n) is 9.28. The number of hydrogen-bond acceptors (Lipinski definition) is 4. The maximum Gasteiger partial charge on any atom is 0.252 e. The molecule has 1 saturated carbocycles. The Kier molecular flexibility index (Phi) is 4.74. The lowest BCUT2D eigenvalue weighted by Crippen LogP contribution is -2.22. The number of pyridine rings is 2. The van der Waals surface area contributed by atoms with Gasteiger partial charge in [-0.3, -0.25) is 9.78 Å².